The molecular formula is C10H18. The molecule has 0 saturated carbocycles. The summed E-state index contributed by atoms with van der Waals surface area (Å²) in [6, 6.07) is 0. The fourth-order valence-electron chi connectivity index (χ4n) is 1.88. The van der Waals surface area contributed by atoms with Crippen LogP contribution in [0.5, 0.6) is 0 Å². The topological polar surface area (TPSA) is 0 Å². The predicted octanol–water partition coefficient (Wildman–Crippen LogP) is 3.53. The second-order valence-corrected chi connectivity index (χ2v) is 3.59. The average Bonchev–Trinajstić information content (AvgIpc) is 1.88. The van der Waals surface area contributed by atoms with Crippen LogP contribution in [0.1, 0.15) is 46.5 Å². The zero-order chi connectivity index (χ0) is 7.56. The van der Waals surface area contributed by atoms with Crippen molar-refractivity contribution in [2.75, 3.05) is 0 Å². The van der Waals surface area contributed by atoms with Crippen LogP contribution >= 0.6 is 0 Å². The summed E-state index contributed by atoms with van der Waals surface area (Å²) < 4.78 is 0. The molecule has 0 aromatic carbocycles. The lowest BCUT2D eigenvalue weighted by Crippen LogP contribution is -2.05. The molecule has 1 unspecified atom stereocenters. The van der Waals surface area contributed by atoms with E-state index in [4.69, 9.17) is 0 Å². The summed E-state index contributed by atoms with van der Waals surface area (Å²) in [5, 5.41) is 0. The predicted molar refractivity (Wildman–Crippen MR) is 46.0 cm³/mol. The minimum atomic E-state index is 0.940. The Labute approximate surface area is 64.3 Å². The van der Waals surface area contributed by atoms with Gasteiger partial charge in [0.25, 0.3) is 0 Å². The Balaban J connectivity index is 2.61. The van der Waals surface area contributed by atoms with Crippen molar-refractivity contribution in [2.24, 2.45) is 5.92 Å². The first-order valence-electron chi connectivity index (χ1n) is 4.41. The average molecular weight is 138 g/mol. The van der Waals surface area contributed by atoms with Crippen LogP contribution in [0, 0.1) is 5.92 Å². The molecule has 0 radical (unpaired) electrons. The third-order valence-corrected chi connectivity index (χ3v) is 2.62. The summed E-state index contributed by atoms with van der Waals surface area (Å²) in [6.45, 7) is 6.93. The maximum atomic E-state index is 2.36. The van der Waals surface area contributed by atoms with Crippen LogP contribution in [-0.2, 0) is 0 Å². The van der Waals surface area contributed by atoms with E-state index in [0.29, 0.717) is 0 Å². The number of allylic oxidation sites excluding steroid dienone is 2. The van der Waals surface area contributed by atoms with E-state index in [2.05, 4.69) is 20.8 Å². The Morgan fingerprint density at radius 1 is 1.50 bits per heavy atom. The monoisotopic (exact) mass is 138 g/mol. The smallest absolute Gasteiger partial charge is 0.0294 e. The SMILES string of the molecule is CCC1=C(C)CC(C)CC1. The molecule has 0 heteroatoms. The van der Waals surface area contributed by atoms with E-state index >= 15 is 0 Å². The Bertz CT molecular complexity index is 142. The van der Waals surface area contributed by atoms with E-state index < -0.39 is 0 Å². The molecule has 0 bridgehead atoms. The standard InChI is InChI=1S/C10H18/c1-4-10-6-5-8(2)7-9(10)3/h8H,4-7H2,1-3H3. The molecule has 1 aliphatic carbocycles. The van der Waals surface area contributed by atoms with Crippen molar-refractivity contribution >= 4 is 0 Å². The summed E-state index contributed by atoms with van der Waals surface area (Å²) >= 11 is 0. The molecule has 0 aromatic heterocycles. The van der Waals surface area contributed by atoms with Gasteiger partial charge in [-0.05, 0) is 38.5 Å². The van der Waals surface area contributed by atoms with E-state index in [1.807, 2.05) is 0 Å². The number of hydrogen-bond donors (Lipinski definition) is 0. The van der Waals surface area contributed by atoms with E-state index in [9.17, 15) is 0 Å². The molecule has 0 heterocycles. The van der Waals surface area contributed by atoms with Gasteiger partial charge in [0.15, 0.2) is 0 Å². The Morgan fingerprint density at radius 2 is 2.20 bits per heavy atom. The van der Waals surface area contributed by atoms with Gasteiger partial charge >= 0.3 is 0 Å². The van der Waals surface area contributed by atoms with Crippen LogP contribution in [0.25, 0.3) is 0 Å². The zero-order valence-corrected chi connectivity index (χ0v) is 7.41. The molecule has 1 rings (SSSR count). The summed E-state index contributed by atoms with van der Waals surface area (Å²) in [4.78, 5) is 0. The van der Waals surface area contributed by atoms with Gasteiger partial charge in [-0.1, -0.05) is 25.0 Å². The number of rotatable bonds is 1. The quantitative estimate of drug-likeness (QED) is 0.486. The molecule has 0 nitrogen and oxygen atoms in total. The maximum absolute atomic E-state index is 2.36. The highest BCUT2D eigenvalue weighted by Gasteiger charge is 2.12. The number of hydrogen-bond acceptors (Lipinski definition) is 0. The maximum Gasteiger partial charge on any atom is -0.0294 e. The van der Waals surface area contributed by atoms with Gasteiger partial charge in [0.05, 0.1) is 0 Å². The second-order valence-electron chi connectivity index (χ2n) is 3.59. The van der Waals surface area contributed by atoms with Crippen molar-refractivity contribution in [2.45, 2.75) is 46.5 Å². The van der Waals surface area contributed by atoms with Crippen LogP contribution < -0.4 is 0 Å². The van der Waals surface area contributed by atoms with E-state index in [1.54, 1.807) is 11.1 Å². The summed E-state index contributed by atoms with van der Waals surface area (Å²) in [5.74, 6) is 0.940. The molecule has 0 N–H and O–H groups in total. The zero-order valence-electron chi connectivity index (χ0n) is 7.41. The van der Waals surface area contributed by atoms with Crippen LogP contribution in [0.15, 0.2) is 11.1 Å². The molecule has 0 amide bonds. The van der Waals surface area contributed by atoms with Crippen molar-refractivity contribution in [1.82, 2.24) is 0 Å². The van der Waals surface area contributed by atoms with E-state index in [-0.39, 0.29) is 0 Å². The largest absolute Gasteiger partial charge is 0.0739 e. The molecule has 0 aliphatic heterocycles. The van der Waals surface area contributed by atoms with Crippen molar-refractivity contribution < 1.29 is 0 Å². The molecule has 0 aromatic rings. The molecule has 1 atom stereocenters. The van der Waals surface area contributed by atoms with Crippen molar-refractivity contribution in [3.05, 3.63) is 11.1 Å². The van der Waals surface area contributed by atoms with Crippen molar-refractivity contribution in [1.29, 1.82) is 0 Å². The van der Waals surface area contributed by atoms with Gasteiger partial charge in [0.2, 0.25) is 0 Å². The van der Waals surface area contributed by atoms with Gasteiger partial charge in [-0.25, -0.2) is 0 Å². The van der Waals surface area contributed by atoms with E-state index in [0.717, 1.165) is 5.92 Å². The van der Waals surface area contributed by atoms with Crippen LogP contribution in [0.2, 0.25) is 0 Å². The van der Waals surface area contributed by atoms with Crippen molar-refractivity contribution in [3.8, 4) is 0 Å². The Morgan fingerprint density at radius 3 is 2.70 bits per heavy atom. The van der Waals surface area contributed by atoms with Gasteiger partial charge in [-0.2, -0.15) is 0 Å². The van der Waals surface area contributed by atoms with Gasteiger partial charge in [0.1, 0.15) is 0 Å². The van der Waals surface area contributed by atoms with E-state index in [1.165, 1.54) is 25.7 Å². The summed E-state index contributed by atoms with van der Waals surface area (Å²) in [6.07, 6.45) is 5.41. The lowest BCUT2D eigenvalue weighted by molar-refractivity contribution is 0.490. The lowest BCUT2D eigenvalue weighted by Gasteiger charge is -2.21. The highest BCUT2D eigenvalue weighted by molar-refractivity contribution is 5.15. The summed E-state index contributed by atoms with van der Waals surface area (Å²) in [5.41, 5.74) is 3.39. The fraction of sp³-hybridized carbons (Fsp3) is 0.800. The van der Waals surface area contributed by atoms with Crippen LogP contribution in [0.4, 0.5) is 0 Å². The molecule has 0 saturated heterocycles. The molecular weight excluding hydrogens is 120 g/mol. The second kappa shape index (κ2) is 3.23. The first kappa shape index (κ1) is 7.84. The normalized spacial score (nSPS) is 27.3. The molecule has 1 aliphatic rings. The summed E-state index contributed by atoms with van der Waals surface area (Å²) in [7, 11) is 0. The highest BCUT2D eigenvalue weighted by Crippen LogP contribution is 2.29. The van der Waals surface area contributed by atoms with Gasteiger partial charge in [-0.3, -0.25) is 0 Å². The van der Waals surface area contributed by atoms with Crippen molar-refractivity contribution in [3.63, 3.8) is 0 Å². The molecule has 0 spiro atoms. The first-order valence-corrected chi connectivity index (χ1v) is 4.41. The minimum absolute atomic E-state index is 0.940. The van der Waals surface area contributed by atoms with Gasteiger partial charge in [0, 0.05) is 0 Å². The van der Waals surface area contributed by atoms with Gasteiger partial charge in [-0.15, -0.1) is 0 Å². The van der Waals surface area contributed by atoms with Crippen LogP contribution in [0.3, 0.4) is 0 Å². The Hall–Kier alpha value is -0.260. The molecule has 58 valence electrons. The highest BCUT2D eigenvalue weighted by atomic mass is 14.2. The Kier molecular flexibility index (Phi) is 2.53. The fourth-order valence-corrected chi connectivity index (χ4v) is 1.88. The lowest BCUT2D eigenvalue weighted by atomic mass is 9.85. The molecule has 10 heavy (non-hydrogen) atoms. The minimum Gasteiger partial charge on any atom is -0.0739 e. The van der Waals surface area contributed by atoms with Gasteiger partial charge < -0.3 is 0 Å². The first-order chi connectivity index (χ1) is 4.74. The van der Waals surface area contributed by atoms with Crippen LogP contribution in [-0.4, -0.2) is 0 Å². The third kappa shape index (κ3) is 1.62. The third-order valence-electron chi connectivity index (χ3n) is 2.62. The molecule has 0 fully saturated rings.